The molecule has 2 rings (SSSR count). The van der Waals surface area contributed by atoms with Crippen LogP contribution in [0, 0.1) is 18.3 Å². The molecule has 24 heavy (non-hydrogen) atoms. The van der Waals surface area contributed by atoms with Crippen LogP contribution in [0.5, 0.6) is 0 Å². The van der Waals surface area contributed by atoms with E-state index < -0.39 is 10.0 Å². The number of aryl methyl sites for hydroxylation is 1. The first-order valence-electron chi connectivity index (χ1n) is 7.23. The Bertz CT molecular complexity index is 876. The molecule has 0 aliphatic rings. The first-order valence-corrected chi connectivity index (χ1v) is 9.60. The average Bonchev–Trinajstić information content (AvgIpc) is 2.93. The number of anilines is 1. The molecule has 0 atom stereocenters. The smallest absolute Gasteiger partial charge is 0.240 e. The summed E-state index contributed by atoms with van der Waals surface area (Å²) in [4.78, 5) is 4.46. The molecular formula is C16H18N4O2S2. The summed E-state index contributed by atoms with van der Waals surface area (Å²) in [5.74, 6) is 0. The fourth-order valence-electron chi connectivity index (χ4n) is 1.88. The molecule has 1 aromatic heterocycles. The minimum atomic E-state index is -3.51. The van der Waals surface area contributed by atoms with Gasteiger partial charge in [-0.15, -0.1) is 11.3 Å². The van der Waals surface area contributed by atoms with Crippen molar-refractivity contribution in [2.24, 2.45) is 0 Å². The van der Waals surface area contributed by atoms with Crippen LogP contribution >= 0.6 is 11.3 Å². The summed E-state index contributed by atoms with van der Waals surface area (Å²) in [6.45, 7) is 5.40. The highest BCUT2D eigenvalue weighted by molar-refractivity contribution is 7.89. The standard InChI is InChI=1S/C16H18N4O2S2/c1-11(2)20-24(21,22)15-6-4-14(5-7-15)18-9-13(8-17)16-19-12(3)10-23-16/h4-7,9-11,18,20H,1-3H3/b13-9+. The highest BCUT2D eigenvalue weighted by Gasteiger charge is 2.14. The maximum atomic E-state index is 12.1. The summed E-state index contributed by atoms with van der Waals surface area (Å²) in [7, 11) is -3.51. The summed E-state index contributed by atoms with van der Waals surface area (Å²) in [6, 6.07) is 8.25. The third-order valence-corrected chi connectivity index (χ3v) is 5.58. The lowest BCUT2D eigenvalue weighted by Crippen LogP contribution is -2.30. The number of nitriles is 1. The molecule has 0 spiro atoms. The summed E-state index contributed by atoms with van der Waals surface area (Å²) in [5, 5.41) is 14.7. The largest absolute Gasteiger partial charge is 0.360 e. The van der Waals surface area contributed by atoms with Crippen LogP contribution in [-0.4, -0.2) is 19.4 Å². The molecule has 2 N–H and O–H groups in total. The molecule has 0 saturated heterocycles. The number of rotatable bonds is 6. The van der Waals surface area contributed by atoms with Gasteiger partial charge >= 0.3 is 0 Å². The van der Waals surface area contributed by atoms with E-state index in [4.69, 9.17) is 0 Å². The fourth-order valence-corrected chi connectivity index (χ4v) is 3.90. The quantitative estimate of drug-likeness (QED) is 0.770. The van der Waals surface area contributed by atoms with Crippen molar-refractivity contribution in [3.8, 4) is 6.07 Å². The van der Waals surface area contributed by atoms with E-state index in [1.54, 1.807) is 32.2 Å². The van der Waals surface area contributed by atoms with Crippen molar-refractivity contribution in [2.45, 2.75) is 31.7 Å². The monoisotopic (exact) mass is 362 g/mol. The van der Waals surface area contributed by atoms with Crippen molar-refractivity contribution in [2.75, 3.05) is 5.32 Å². The first-order chi connectivity index (χ1) is 11.3. The van der Waals surface area contributed by atoms with Crippen molar-refractivity contribution in [1.82, 2.24) is 9.71 Å². The predicted octanol–water partition coefficient (Wildman–Crippen LogP) is 3.11. The summed E-state index contributed by atoms with van der Waals surface area (Å²) in [6.07, 6.45) is 1.56. The lowest BCUT2D eigenvalue weighted by atomic mass is 10.3. The minimum absolute atomic E-state index is 0.171. The van der Waals surface area contributed by atoms with Crippen molar-refractivity contribution >= 4 is 32.6 Å². The van der Waals surface area contributed by atoms with Gasteiger partial charge in [0.2, 0.25) is 10.0 Å². The van der Waals surface area contributed by atoms with E-state index in [1.165, 1.54) is 23.5 Å². The number of sulfonamides is 1. The summed E-state index contributed by atoms with van der Waals surface area (Å²) in [5.41, 5.74) is 1.97. The molecule has 0 radical (unpaired) electrons. The number of nitrogens with one attached hydrogen (secondary N) is 2. The second kappa shape index (κ2) is 7.57. The SMILES string of the molecule is Cc1csc(/C(C#N)=C/Nc2ccc(S(=O)(=O)NC(C)C)cc2)n1. The lowest BCUT2D eigenvalue weighted by Gasteiger charge is -2.10. The molecular weight excluding hydrogens is 344 g/mol. The molecule has 0 bridgehead atoms. The Labute approximate surface area is 145 Å². The van der Waals surface area contributed by atoms with Crippen molar-refractivity contribution in [3.05, 3.63) is 46.5 Å². The van der Waals surface area contributed by atoms with Gasteiger partial charge in [0, 0.05) is 29.0 Å². The van der Waals surface area contributed by atoms with E-state index in [-0.39, 0.29) is 10.9 Å². The Balaban J connectivity index is 2.14. The highest BCUT2D eigenvalue weighted by atomic mass is 32.2. The Hall–Kier alpha value is -2.21. The topological polar surface area (TPSA) is 94.9 Å². The van der Waals surface area contributed by atoms with E-state index in [1.807, 2.05) is 12.3 Å². The van der Waals surface area contributed by atoms with E-state index in [9.17, 15) is 13.7 Å². The fraction of sp³-hybridized carbons (Fsp3) is 0.250. The second-order valence-electron chi connectivity index (χ2n) is 5.41. The van der Waals surface area contributed by atoms with Gasteiger partial charge in [-0.3, -0.25) is 0 Å². The van der Waals surface area contributed by atoms with Crippen molar-refractivity contribution < 1.29 is 8.42 Å². The summed E-state index contributed by atoms with van der Waals surface area (Å²) < 4.78 is 26.6. The van der Waals surface area contributed by atoms with Gasteiger partial charge in [0.25, 0.3) is 0 Å². The van der Waals surface area contributed by atoms with Gasteiger partial charge in [-0.1, -0.05) is 0 Å². The van der Waals surface area contributed by atoms with Gasteiger partial charge in [-0.2, -0.15) is 5.26 Å². The van der Waals surface area contributed by atoms with Gasteiger partial charge < -0.3 is 5.32 Å². The van der Waals surface area contributed by atoms with Gasteiger partial charge in [0.1, 0.15) is 16.6 Å². The number of hydrogen-bond donors (Lipinski definition) is 2. The number of nitrogens with zero attached hydrogens (tertiary/aromatic N) is 2. The van der Waals surface area contributed by atoms with E-state index in [2.05, 4.69) is 21.1 Å². The Kier molecular flexibility index (Phi) is 5.72. The Morgan fingerprint density at radius 3 is 2.50 bits per heavy atom. The first kappa shape index (κ1) is 18.1. The molecule has 1 aromatic carbocycles. The highest BCUT2D eigenvalue weighted by Crippen LogP contribution is 2.20. The molecule has 0 saturated carbocycles. The van der Waals surface area contributed by atoms with Crippen molar-refractivity contribution in [3.63, 3.8) is 0 Å². The lowest BCUT2D eigenvalue weighted by molar-refractivity contribution is 0.570. The number of thiazole rings is 1. The van der Waals surface area contributed by atoms with Gasteiger partial charge in [0.05, 0.1) is 4.90 Å². The Morgan fingerprint density at radius 1 is 1.33 bits per heavy atom. The molecule has 0 amide bonds. The van der Waals surface area contributed by atoms with Crippen molar-refractivity contribution in [1.29, 1.82) is 5.26 Å². The average molecular weight is 362 g/mol. The zero-order chi connectivity index (χ0) is 17.7. The maximum absolute atomic E-state index is 12.1. The Morgan fingerprint density at radius 2 is 2.00 bits per heavy atom. The third kappa shape index (κ3) is 4.64. The van der Waals surface area contributed by atoms with Crippen LogP contribution in [0.4, 0.5) is 5.69 Å². The number of allylic oxidation sites excluding steroid dienone is 1. The van der Waals surface area contributed by atoms with Gasteiger partial charge in [-0.25, -0.2) is 18.1 Å². The van der Waals surface area contributed by atoms with E-state index in [0.717, 1.165) is 5.69 Å². The third-order valence-electron chi connectivity index (χ3n) is 2.91. The van der Waals surface area contributed by atoms with Gasteiger partial charge in [-0.05, 0) is 45.0 Å². The molecule has 8 heteroatoms. The number of benzene rings is 1. The van der Waals surface area contributed by atoms with Crippen LogP contribution in [0.3, 0.4) is 0 Å². The molecule has 0 fully saturated rings. The zero-order valence-corrected chi connectivity index (χ0v) is 15.2. The van der Waals surface area contributed by atoms with Crippen LogP contribution in [0.2, 0.25) is 0 Å². The molecule has 2 aromatic rings. The maximum Gasteiger partial charge on any atom is 0.240 e. The molecule has 0 unspecified atom stereocenters. The molecule has 6 nitrogen and oxygen atoms in total. The van der Waals surface area contributed by atoms with Crippen LogP contribution in [0.15, 0.2) is 40.7 Å². The molecule has 1 heterocycles. The normalized spacial score (nSPS) is 12.2. The molecule has 0 aliphatic carbocycles. The minimum Gasteiger partial charge on any atom is -0.360 e. The molecule has 126 valence electrons. The predicted molar refractivity (Wildman–Crippen MR) is 96.0 cm³/mol. The van der Waals surface area contributed by atoms with Crippen LogP contribution < -0.4 is 10.0 Å². The number of hydrogen-bond acceptors (Lipinski definition) is 6. The van der Waals surface area contributed by atoms with Crippen LogP contribution in [0.25, 0.3) is 5.57 Å². The van der Waals surface area contributed by atoms with E-state index >= 15 is 0 Å². The second-order valence-corrected chi connectivity index (χ2v) is 7.98. The summed E-state index contributed by atoms with van der Waals surface area (Å²) >= 11 is 1.40. The van der Waals surface area contributed by atoms with Gasteiger partial charge in [0.15, 0.2) is 0 Å². The van der Waals surface area contributed by atoms with Crippen LogP contribution in [0.1, 0.15) is 24.5 Å². The van der Waals surface area contributed by atoms with E-state index in [0.29, 0.717) is 16.3 Å². The van der Waals surface area contributed by atoms with Crippen LogP contribution in [-0.2, 0) is 10.0 Å². The number of aromatic nitrogens is 1. The molecule has 0 aliphatic heterocycles. The zero-order valence-electron chi connectivity index (χ0n) is 13.6.